The summed E-state index contributed by atoms with van der Waals surface area (Å²) in [5, 5.41) is 9.08. The van der Waals surface area contributed by atoms with Crippen LogP contribution in [0.5, 0.6) is 5.75 Å². The molecule has 0 saturated carbocycles. The Balaban J connectivity index is 1.47. The number of methoxy groups -OCH3 is 1. The van der Waals surface area contributed by atoms with E-state index in [1.807, 2.05) is 55.5 Å². The molecule has 4 rings (SSSR count). The lowest BCUT2D eigenvalue weighted by molar-refractivity contribution is -0.117. The molecule has 1 atom stereocenters. The van der Waals surface area contributed by atoms with Crippen molar-refractivity contribution in [2.45, 2.75) is 13.0 Å². The molecule has 9 nitrogen and oxygen atoms in total. The molecule has 178 valence electrons. The predicted octanol–water partition coefficient (Wildman–Crippen LogP) is 3.28. The first-order chi connectivity index (χ1) is 16.6. The molecule has 2 aromatic carbocycles. The topological polar surface area (TPSA) is 101 Å². The van der Waals surface area contributed by atoms with E-state index in [0.717, 1.165) is 47.2 Å². The van der Waals surface area contributed by atoms with Gasteiger partial charge in [0, 0.05) is 42.3 Å². The van der Waals surface area contributed by atoms with Crippen molar-refractivity contribution in [3.63, 3.8) is 0 Å². The Morgan fingerprint density at radius 3 is 2.53 bits per heavy atom. The SMILES string of the molecule is CN[C@H](C)C(=O)Nc1ccc(-c2ccnc(Nc3ccc(N4CCOCC4)c(OC)c3)n2)cc1. The molecule has 0 aliphatic carbocycles. The number of rotatable bonds is 8. The number of nitrogens with one attached hydrogen (secondary N) is 3. The minimum Gasteiger partial charge on any atom is -0.495 e. The summed E-state index contributed by atoms with van der Waals surface area (Å²) >= 11 is 0. The van der Waals surface area contributed by atoms with Gasteiger partial charge in [0.05, 0.1) is 37.7 Å². The van der Waals surface area contributed by atoms with Crippen LogP contribution in [0, 0.1) is 0 Å². The van der Waals surface area contributed by atoms with Crippen molar-refractivity contribution in [3.05, 3.63) is 54.7 Å². The van der Waals surface area contributed by atoms with Crippen molar-refractivity contribution in [1.29, 1.82) is 0 Å². The summed E-state index contributed by atoms with van der Waals surface area (Å²) in [6, 6.07) is 15.1. The first-order valence-electron chi connectivity index (χ1n) is 11.3. The standard InChI is InChI=1S/C25H30N6O3/c1-17(26-2)24(32)28-19-6-4-18(5-7-19)21-10-11-27-25(30-21)29-20-8-9-22(23(16-20)33-3)31-12-14-34-15-13-31/h4-11,16-17,26H,12-15H2,1-3H3,(H,28,32)(H,27,29,30)/t17-/m1/s1. The molecule has 3 aromatic rings. The summed E-state index contributed by atoms with van der Waals surface area (Å²) in [5.74, 6) is 1.19. The van der Waals surface area contributed by atoms with E-state index >= 15 is 0 Å². The normalized spacial score (nSPS) is 14.4. The third kappa shape index (κ3) is 5.62. The average molecular weight is 463 g/mol. The minimum atomic E-state index is -0.267. The third-order valence-electron chi connectivity index (χ3n) is 5.72. The lowest BCUT2D eigenvalue weighted by atomic mass is 10.1. The number of anilines is 4. The Morgan fingerprint density at radius 2 is 1.82 bits per heavy atom. The van der Waals surface area contributed by atoms with E-state index in [2.05, 4.69) is 30.8 Å². The third-order valence-corrected chi connectivity index (χ3v) is 5.72. The van der Waals surface area contributed by atoms with Gasteiger partial charge in [-0.3, -0.25) is 4.79 Å². The lowest BCUT2D eigenvalue weighted by Gasteiger charge is -2.30. The molecule has 0 spiro atoms. The first-order valence-corrected chi connectivity index (χ1v) is 11.3. The number of likely N-dealkylation sites (N-methyl/N-ethyl adjacent to an activating group) is 1. The van der Waals surface area contributed by atoms with Gasteiger partial charge in [-0.15, -0.1) is 0 Å². The van der Waals surface area contributed by atoms with E-state index in [1.54, 1.807) is 20.4 Å². The van der Waals surface area contributed by atoms with Gasteiger partial charge in [-0.05, 0) is 44.3 Å². The summed E-state index contributed by atoms with van der Waals surface area (Å²) in [7, 11) is 3.42. The summed E-state index contributed by atoms with van der Waals surface area (Å²) in [6.07, 6.45) is 1.72. The Kier molecular flexibility index (Phi) is 7.56. The number of amides is 1. The molecular weight excluding hydrogens is 432 g/mol. The van der Waals surface area contributed by atoms with Crippen molar-refractivity contribution in [2.75, 3.05) is 56.0 Å². The van der Waals surface area contributed by atoms with Gasteiger partial charge in [-0.2, -0.15) is 0 Å². The highest BCUT2D eigenvalue weighted by molar-refractivity contribution is 5.94. The zero-order valence-corrected chi connectivity index (χ0v) is 19.7. The predicted molar refractivity (Wildman–Crippen MR) is 134 cm³/mol. The van der Waals surface area contributed by atoms with Gasteiger partial charge in [0.1, 0.15) is 5.75 Å². The van der Waals surface area contributed by atoms with Crippen LogP contribution in [-0.4, -0.2) is 62.4 Å². The van der Waals surface area contributed by atoms with Gasteiger partial charge in [0.25, 0.3) is 0 Å². The van der Waals surface area contributed by atoms with Gasteiger partial charge in [0.2, 0.25) is 11.9 Å². The summed E-state index contributed by atoms with van der Waals surface area (Å²) in [4.78, 5) is 23.3. The Hall–Kier alpha value is -3.69. The minimum absolute atomic E-state index is 0.0844. The maximum absolute atomic E-state index is 12.1. The molecule has 1 aliphatic heterocycles. The first kappa shape index (κ1) is 23.5. The smallest absolute Gasteiger partial charge is 0.241 e. The van der Waals surface area contributed by atoms with Crippen molar-refractivity contribution in [3.8, 4) is 17.0 Å². The van der Waals surface area contributed by atoms with Crippen LogP contribution >= 0.6 is 0 Å². The van der Waals surface area contributed by atoms with Gasteiger partial charge in [-0.1, -0.05) is 12.1 Å². The van der Waals surface area contributed by atoms with E-state index < -0.39 is 0 Å². The molecule has 1 fully saturated rings. The number of benzene rings is 2. The number of hydrogen-bond acceptors (Lipinski definition) is 8. The fraction of sp³-hybridized carbons (Fsp3) is 0.320. The summed E-state index contributed by atoms with van der Waals surface area (Å²) in [5.41, 5.74) is 4.31. The molecule has 34 heavy (non-hydrogen) atoms. The molecule has 9 heteroatoms. The van der Waals surface area contributed by atoms with E-state index in [0.29, 0.717) is 19.2 Å². The zero-order chi connectivity index (χ0) is 23.9. The maximum Gasteiger partial charge on any atom is 0.241 e. The molecule has 2 heterocycles. The van der Waals surface area contributed by atoms with Crippen LogP contribution in [0.4, 0.5) is 23.0 Å². The largest absolute Gasteiger partial charge is 0.495 e. The molecule has 1 saturated heterocycles. The Morgan fingerprint density at radius 1 is 1.09 bits per heavy atom. The second-order valence-electron chi connectivity index (χ2n) is 7.95. The van der Waals surface area contributed by atoms with Crippen molar-refractivity contribution >= 4 is 28.9 Å². The van der Waals surface area contributed by atoms with Crippen molar-refractivity contribution in [2.24, 2.45) is 0 Å². The second kappa shape index (κ2) is 11.0. The Labute approximate surface area is 199 Å². The zero-order valence-electron chi connectivity index (χ0n) is 19.7. The van der Waals surface area contributed by atoms with Crippen molar-refractivity contribution in [1.82, 2.24) is 15.3 Å². The van der Waals surface area contributed by atoms with Gasteiger partial charge >= 0.3 is 0 Å². The molecule has 1 aromatic heterocycles. The van der Waals surface area contributed by atoms with E-state index in [9.17, 15) is 4.79 Å². The monoisotopic (exact) mass is 462 g/mol. The fourth-order valence-corrected chi connectivity index (χ4v) is 3.64. The van der Waals surface area contributed by atoms with Crippen LogP contribution in [0.1, 0.15) is 6.92 Å². The van der Waals surface area contributed by atoms with E-state index in [1.165, 1.54) is 0 Å². The quantitative estimate of drug-likeness (QED) is 0.469. The summed E-state index contributed by atoms with van der Waals surface area (Å²) in [6.45, 7) is 4.92. The van der Waals surface area contributed by atoms with Crippen LogP contribution in [0.25, 0.3) is 11.3 Å². The molecule has 3 N–H and O–H groups in total. The highest BCUT2D eigenvalue weighted by Crippen LogP contribution is 2.32. The molecule has 0 radical (unpaired) electrons. The fourth-order valence-electron chi connectivity index (χ4n) is 3.64. The van der Waals surface area contributed by atoms with Gasteiger partial charge in [-0.25, -0.2) is 9.97 Å². The molecule has 1 amide bonds. The molecule has 1 aliphatic rings. The highest BCUT2D eigenvalue weighted by atomic mass is 16.5. The van der Waals surface area contributed by atoms with Gasteiger partial charge < -0.3 is 30.3 Å². The Bertz CT molecular complexity index is 1120. The van der Waals surface area contributed by atoms with E-state index in [4.69, 9.17) is 9.47 Å². The number of ether oxygens (including phenoxy) is 2. The second-order valence-corrected chi connectivity index (χ2v) is 7.95. The number of carbonyl (C=O) groups excluding carboxylic acids is 1. The number of morpholine rings is 1. The molecular formula is C25H30N6O3. The van der Waals surface area contributed by atoms with Crippen LogP contribution in [0.3, 0.4) is 0 Å². The number of carbonyl (C=O) groups is 1. The number of nitrogens with zero attached hydrogens (tertiary/aromatic N) is 3. The average Bonchev–Trinajstić information content (AvgIpc) is 2.89. The van der Waals surface area contributed by atoms with Gasteiger partial charge in [0.15, 0.2) is 0 Å². The van der Waals surface area contributed by atoms with Crippen LogP contribution in [-0.2, 0) is 9.53 Å². The van der Waals surface area contributed by atoms with Crippen LogP contribution in [0.2, 0.25) is 0 Å². The molecule has 0 bridgehead atoms. The maximum atomic E-state index is 12.1. The number of aromatic nitrogens is 2. The number of hydrogen-bond donors (Lipinski definition) is 3. The summed E-state index contributed by atoms with van der Waals surface area (Å²) < 4.78 is 11.1. The highest BCUT2D eigenvalue weighted by Gasteiger charge is 2.16. The lowest BCUT2D eigenvalue weighted by Crippen LogP contribution is -2.36. The van der Waals surface area contributed by atoms with Crippen LogP contribution < -0.4 is 25.6 Å². The van der Waals surface area contributed by atoms with E-state index in [-0.39, 0.29) is 11.9 Å². The van der Waals surface area contributed by atoms with Crippen molar-refractivity contribution < 1.29 is 14.3 Å². The molecule has 0 unspecified atom stereocenters. The van der Waals surface area contributed by atoms with Crippen LogP contribution in [0.15, 0.2) is 54.7 Å².